The SMILES string of the molecule is CCOC(=O)CON=C(C(=O)NC1C(=O)N2C(C(=O)[O-])=C(C[n+]3ccc(C(C)=NO)cc3)CS[C@@H]12)c1noc(N)n1. The van der Waals surface area contributed by atoms with Gasteiger partial charge in [0.05, 0.1) is 24.0 Å². The van der Waals surface area contributed by atoms with E-state index in [1.807, 2.05) is 0 Å². The van der Waals surface area contributed by atoms with Crippen LogP contribution < -0.4 is 20.7 Å². The van der Waals surface area contributed by atoms with Crippen LogP contribution in [-0.2, 0) is 35.3 Å². The number of aliphatic carboxylic acids is 1. The minimum Gasteiger partial charge on any atom is -0.543 e. The highest BCUT2D eigenvalue weighted by Crippen LogP contribution is 2.40. The van der Waals surface area contributed by atoms with Crippen molar-refractivity contribution in [1.82, 2.24) is 20.4 Å². The number of hydrogen-bond donors (Lipinski definition) is 3. The zero-order valence-corrected chi connectivity index (χ0v) is 22.5. The fourth-order valence-electron chi connectivity index (χ4n) is 3.95. The number of oxime groups is 2. The first kappa shape index (κ1) is 29.0. The Balaban J connectivity index is 1.50. The summed E-state index contributed by atoms with van der Waals surface area (Å²) in [5.74, 6) is -4.09. The molecule has 4 rings (SSSR count). The molecule has 0 radical (unpaired) electrons. The number of fused-ring (bicyclic) bond motifs is 1. The highest BCUT2D eigenvalue weighted by Gasteiger charge is 2.53. The molecule has 4 N–H and O–H groups in total. The Kier molecular flexibility index (Phi) is 8.81. The number of nitrogens with two attached hydrogens (primary N) is 1. The summed E-state index contributed by atoms with van der Waals surface area (Å²) in [5, 5.41) is 33.0. The van der Waals surface area contributed by atoms with Gasteiger partial charge in [-0.15, -0.1) is 11.8 Å². The lowest BCUT2D eigenvalue weighted by Crippen LogP contribution is -2.71. The van der Waals surface area contributed by atoms with E-state index in [2.05, 4.69) is 30.3 Å². The molecule has 216 valence electrons. The Morgan fingerprint density at radius 1 is 1.37 bits per heavy atom. The molecule has 18 heteroatoms. The fourth-order valence-corrected chi connectivity index (χ4v) is 5.29. The number of esters is 1. The Bertz CT molecular complexity index is 1450. The number of hydrogen-bond acceptors (Lipinski definition) is 15. The van der Waals surface area contributed by atoms with Gasteiger partial charge in [-0.2, -0.15) is 4.98 Å². The van der Waals surface area contributed by atoms with Crippen LogP contribution in [0.1, 0.15) is 25.2 Å². The second-order valence-electron chi connectivity index (χ2n) is 8.52. The molecular weight excluding hydrogens is 564 g/mol. The molecule has 0 saturated carbocycles. The Hall–Kier alpha value is -5.00. The van der Waals surface area contributed by atoms with E-state index in [1.165, 1.54) is 11.8 Å². The molecule has 0 aromatic carbocycles. The van der Waals surface area contributed by atoms with Gasteiger partial charge in [0, 0.05) is 29.0 Å². The van der Waals surface area contributed by atoms with E-state index in [9.17, 15) is 24.3 Å². The summed E-state index contributed by atoms with van der Waals surface area (Å²) in [5.41, 5.74) is 6.10. The van der Waals surface area contributed by atoms with Crippen molar-refractivity contribution in [3.05, 3.63) is 47.2 Å². The van der Waals surface area contributed by atoms with Gasteiger partial charge in [0.15, 0.2) is 18.9 Å². The van der Waals surface area contributed by atoms with Crippen LogP contribution in [0.3, 0.4) is 0 Å². The van der Waals surface area contributed by atoms with Gasteiger partial charge in [-0.3, -0.25) is 14.5 Å². The number of nitrogens with zero attached hydrogens (tertiary/aromatic N) is 6. The molecule has 2 aliphatic rings. The van der Waals surface area contributed by atoms with E-state index < -0.39 is 47.5 Å². The van der Waals surface area contributed by atoms with Crippen LogP contribution in [0.5, 0.6) is 0 Å². The molecule has 17 nitrogen and oxygen atoms in total. The maximum absolute atomic E-state index is 13.1. The van der Waals surface area contributed by atoms with Crippen molar-refractivity contribution in [3.63, 3.8) is 0 Å². The van der Waals surface area contributed by atoms with Gasteiger partial charge in [0.25, 0.3) is 11.8 Å². The molecule has 0 spiro atoms. The number of carbonyl (C=O) groups excluding carboxylic acids is 4. The number of anilines is 1. The summed E-state index contributed by atoms with van der Waals surface area (Å²) in [6.45, 7) is 2.86. The molecule has 2 aromatic heterocycles. The van der Waals surface area contributed by atoms with Crippen molar-refractivity contribution in [3.8, 4) is 0 Å². The zero-order valence-electron chi connectivity index (χ0n) is 21.7. The summed E-state index contributed by atoms with van der Waals surface area (Å²) in [6.07, 6.45) is 3.36. The Morgan fingerprint density at radius 2 is 2.10 bits per heavy atom. The third-order valence-electron chi connectivity index (χ3n) is 5.87. The third kappa shape index (κ3) is 6.26. The summed E-state index contributed by atoms with van der Waals surface area (Å²) in [7, 11) is 0. The number of thioether (sulfide) groups is 1. The predicted octanol–water partition coefficient (Wildman–Crippen LogP) is -2.47. The average molecular weight is 589 g/mol. The van der Waals surface area contributed by atoms with Gasteiger partial charge in [0.1, 0.15) is 11.4 Å². The Labute approximate surface area is 235 Å². The number of aromatic nitrogens is 3. The Morgan fingerprint density at radius 3 is 2.71 bits per heavy atom. The second-order valence-corrected chi connectivity index (χ2v) is 9.62. The molecule has 1 saturated heterocycles. The van der Waals surface area contributed by atoms with E-state index in [1.54, 1.807) is 42.9 Å². The fraction of sp³-hybridized carbons (Fsp3) is 0.348. The quantitative estimate of drug-likeness (QED) is 0.0616. The van der Waals surface area contributed by atoms with Crippen molar-refractivity contribution in [2.24, 2.45) is 10.3 Å². The molecule has 2 amide bonds. The average Bonchev–Trinajstić information content (AvgIpc) is 3.39. The molecule has 2 aromatic rings. The van der Waals surface area contributed by atoms with Crippen LogP contribution in [0.15, 0.2) is 50.6 Å². The molecule has 2 aliphatic heterocycles. The number of nitrogens with one attached hydrogen (secondary N) is 1. The van der Waals surface area contributed by atoms with Crippen LogP contribution in [-0.4, -0.2) is 85.8 Å². The van der Waals surface area contributed by atoms with Crippen molar-refractivity contribution >= 4 is 53.0 Å². The molecule has 2 atom stereocenters. The van der Waals surface area contributed by atoms with Crippen molar-refractivity contribution in [2.45, 2.75) is 31.8 Å². The molecule has 1 fully saturated rings. The first-order valence-electron chi connectivity index (χ1n) is 12.0. The van der Waals surface area contributed by atoms with Gasteiger partial charge in [-0.05, 0) is 13.8 Å². The van der Waals surface area contributed by atoms with Crippen LogP contribution in [0.4, 0.5) is 6.01 Å². The van der Waals surface area contributed by atoms with Gasteiger partial charge in [-0.25, -0.2) is 9.36 Å². The first-order chi connectivity index (χ1) is 19.6. The van der Waals surface area contributed by atoms with E-state index in [0.29, 0.717) is 16.8 Å². The lowest BCUT2D eigenvalue weighted by atomic mass is 10.0. The number of pyridine rings is 1. The van der Waals surface area contributed by atoms with Crippen molar-refractivity contribution in [2.75, 3.05) is 24.7 Å². The number of nitrogen functional groups attached to an aromatic ring is 1. The van der Waals surface area contributed by atoms with Crippen LogP contribution in [0.25, 0.3) is 0 Å². The topological polar surface area (TPSA) is 239 Å². The minimum absolute atomic E-state index is 0.106. The molecule has 1 unspecified atom stereocenters. The van der Waals surface area contributed by atoms with E-state index in [4.69, 9.17) is 20.5 Å². The summed E-state index contributed by atoms with van der Waals surface area (Å²) in [4.78, 5) is 59.4. The van der Waals surface area contributed by atoms with E-state index >= 15 is 0 Å². The number of ether oxygens (including phenoxy) is 1. The maximum Gasteiger partial charge on any atom is 0.347 e. The monoisotopic (exact) mass is 588 g/mol. The molecule has 0 aliphatic carbocycles. The van der Waals surface area contributed by atoms with Gasteiger partial charge in [0.2, 0.25) is 18.1 Å². The van der Waals surface area contributed by atoms with Crippen molar-refractivity contribution in [1.29, 1.82) is 0 Å². The van der Waals surface area contributed by atoms with Gasteiger partial charge in [-0.1, -0.05) is 15.5 Å². The second kappa shape index (κ2) is 12.5. The number of rotatable bonds is 11. The van der Waals surface area contributed by atoms with Gasteiger partial charge >= 0.3 is 12.0 Å². The lowest BCUT2D eigenvalue weighted by Gasteiger charge is -2.50. The maximum atomic E-state index is 13.1. The van der Waals surface area contributed by atoms with Crippen LogP contribution in [0, 0.1) is 0 Å². The lowest BCUT2D eigenvalue weighted by molar-refractivity contribution is -0.689. The number of amides is 2. The molecule has 41 heavy (non-hydrogen) atoms. The van der Waals surface area contributed by atoms with Crippen molar-refractivity contribution < 1.29 is 48.2 Å². The molecular formula is C23H24N8O9S. The predicted molar refractivity (Wildman–Crippen MR) is 136 cm³/mol. The highest BCUT2D eigenvalue weighted by atomic mass is 32.2. The smallest absolute Gasteiger partial charge is 0.347 e. The normalized spacial score (nSPS) is 18.9. The van der Waals surface area contributed by atoms with Crippen LogP contribution in [0.2, 0.25) is 0 Å². The zero-order chi connectivity index (χ0) is 29.7. The van der Waals surface area contributed by atoms with Gasteiger partial charge < -0.3 is 40.3 Å². The summed E-state index contributed by atoms with van der Waals surface area (Å²) in [6, 6.07) is 1.89. The summed E-state index contributed by atoms with van der Waals surface area (Å²) >= 11 is 1.24. The number of carboxylic acid groups (broad SMARTS) is 1. The van der Waals surface area contributed by atoms with E-state index in [0.717, 1.165) is 4.90 Å². The number of carboxylic acids is 1. The largest absolute Gasteiger partial charge is 0.543 e. The number of β-lactam (4-membered cyclic amide) rings is 1. The van der Waals surface area contributed by atoms with E-state index in [-0.39, 0.29) is 36.4 Å². The first-order valence-corrected chi connectivity index (χ1v) is 13.0. The molecule has 0 bridgehead atoms. The standard InChI is InChI=1S/C23H24N8O9S/c1-3-38-14(32)9-39-28-15(18-26-23(24)40-29-18)19(33)25-16-20(34)31-17(22(35)36)13(10-41-21(16)31)8-30-6-4-12(5-7-30)11(2)27-37/h4-7,16,21H,3,8-10H2,1-2H3,(H4,24,25,26,29,33,35,36)/t16?,21-/m0/s1. The van der Waals surface area contributed by atoms with Crippen LogP contribution >= 0.6 is 11.8 Å². The molecule has 4 heterocycles. The highest BCUT2D eigenvalue weighted by molar-refractivity contribution is 8.00. The number of carbonyl (C=O) groups is 4. The minimum atomic E-state index is -1.54. The third-order valence-corrected chi connectivity index (χ3v) is 7.21. The summed E-state index contributed by atoms with van der Waals surface area (Å²) < 4.78 is 11.1.